The molecule has 2 rings (SSSR count). The van der Waals surface area contributed by atoms with E-state index in [2.05, 4.69) is 10.3 Å². The van der Waals surface area contributed by atoms with Crippen molar-refractivity contribution in [1.29, 1.82) is 0 Å². The Hall–Kier alpha value is -1.62. The Morgan fingerprint density at radius 3 is 2.76 bits per heavy atom. The van der Waals surface area contributed by atoms with Gasteiger partial charge in [-0.15, -0.1) is 0 Å². The topological polar surface area (TPSA) is 43.4 Å². The first-order valence-electron chi connectivity index (χ1n) is 6.77. The predicted octanol–water partition coefficient (Wildman–Crippen LogP) is 3.57. The molecule has 0 spiro atoms. The van der Waals surface area contributed by atoms with E-state index in [0.717, 1.165) is 35.0 Å². The van der Waals surface area contributed by atoms with Gasteiger partial charge in [0, 0.05) is 37.5 Å². The van der Waals surface area contributed by atoms with Gasteiger partial charge in [-0.2, -0.15) is 0 Å². The standard InChI is InChI=1S/C16H19ClN2O2/c1-12-9-14(4-5-15(12)17)21-16-6-3-13(11-19-16)10-18-7-8-20-2/h3-6,9,11,18H,7-8,10H2,1-2H3. The number of aryl methyl sites for hydroxylation is 1. The number of hydrogen-bond acceptors (Lipinski definition) is 4. The van der Waals surface area contributed by atoms with Gasteiger partial charge in [-0.3, -0.25) is 0 Å². The van der Waals surface area contributed by atoms with E-state index in [1.54, 1.807) is 13.3 Å². The van der Waals surface area contributed by atoms with Crippen LogP contribution in [0.4, 0.5) is 0 Å². The van der Waals surface area contributed by atoms with Crippen molar-refractivity contribution in [1.82, 2.24) is 10.3 Å². The van der Waals surface area contributed by atoms with Crippen molar-refractivity contribution in [3.05, 3.63) is 52.7 Å². The highest BCUT2D eigenvalue weighted by molar-refractivity contribution is 6.31. The second kappa shape index (κ2) is 7.98. The minimum absolute atomic E-state index is 0.567. The van der Waals surface area contributed by atoms with Crippen molar-refractivity contribution in [3.63, 3.8) is 0 Å². The van der Waals surface area contributed by atoms with Crippen LogP contribution in [-0.4, -0.2) is 25.2 Å². The molecule has 0 aliphatic heterocycles. The van der Waals surface area contributed by atoms with Gasteiger partial charge in [0.05, 0.1) is 6.61 Å². The van der Waals surface area contributed by atoms with Crippen LogP contribution < -0.4 is 10.1 Å². The summed E-state index contributed by atoms with van der Waals surface area (Å²) in [6.45, 7) is 4.22. The second-order valence-electron chi connectivity index (χ2n) is 4.69. The van der Waals surface area contributed by atoms with Crippen molar-refractivity contribution < 1.29 is 9.47 Å². The van der Waals surface area contributed by atoms with Crippen molar-refractivity contribution in [2.24, 2.45) is 0 Å². The molecule has 112 valence electrons. The summed E-state index contributed by atoms with van der Waals surface area (Å²) in [6.07, 6.45) is 1.80. The normalized spacial score (nSPS) is 10.6. The maximum Gasteiger partial charge on any atom is 0.219 e. The average molecular weight is 307 g/mol. The van der Waals surface area contributed by atoms with Crippen molar-refractivity contribution in [3.8, 4) is 11.6 Å². The Balaban J connectivity index is 1.91. The van der Waals surface area contributed by atoms with Crippen molar-refractivity contribution >= 4 is 11.6 Å². The van der Waals surface area contributed by atoms with Gasteiger partial charge in [-0.05, 0) is 36.2 Å². The minimum Gasteiger partial charge on any atom is -0.439 e. The quantitative estimate of drug-likeness (QED) is 0.794. The lowest BCUT2D eigenvalue weighted by atomic mass is 10.2. The molecule has 0 fully saturated rings. The molecule has 4 nitrogen and oxygen atoms in total. The summed E-state index contributed by atoms with van der Waals surface area (Å²) >= 11 is 5.99. The highest BCUT2D eigenvalue weighted by atomic mass is 35.5. The molecule has 0 radical (unpaired) electrons. The Kier molecular flexibility index (Phi) is 5.99. The van der Waals surface area contributed by atoms with Gasteiger partial charge in [-0.25, -0.2) is 4.98 Å². The first-order chi connectivity index (χ1) is 10.2. The molecule has 5 heteroatoms. The Morgan fingerprint density at radius 2 is 2.10 bits per heavy atom. The summed E-state index contributed by atoms with van der Waals surface area (Å²) < 4.78 is 10.7. The molecule has 0 aliphatic rings. The largest absolute Gasteiger partial charge is 0.439 e. The fourth-order valence-electron chi connectivity index (χ4n) is 1.78. The van der Waals surface area contributed by atoms with Crippen LogP contribution in [0.5, 0.6) is 11.6 Å². The van der Waals surface area contributed by atoms with E-state index in [4.69, 9.17) is 21.1 Å². The molecule has 0 atom stereocenters. The van der Waals surface area contributed by atoms with Gasteiger partial charge >= 0.3 is 0 Å². The molecule has 0 bridgehead atoms. The molecule has 0 amide bonds. The lowest BCUT2D eigenvalue weighted by molar-refractivity contribution is 0.199. The van der Waals surface area contributed by atoms with Gasteiger partial charge in [0.25, 0.3) is 0 Å². The van der Waals surface area contributed by atoms with Crippen LogP contribution in [0.25, 0.3) is 0 Å². The first kappa shape index (κ1) is 15.8. The van der Waals surface area contributed by atoms with Crippen LogP contribution in [0, 0.1) is 6.92 Å². The summed E-state index contributed by atoms with van der Waals surface area (Å²) in [5.74, 6) is 1.30. The van der Waals surface area contributed by atoms with Crippen LogP contribution in [-0.2, 0) is 11.3 Å². The zero-order chi connectivity index (χ0) is 15.1. The van der Waals surface area contributed by atoms with E-state index in [1.165, 1.54) is 0 Å². The summed E-state index contributed by atoms with van der Waals surface area (Å²) in [5, 5.41) is 3.99. The van der Waals surface area contributed by atoms with Gasteiger partial charge < -0.3 is 14.8 Å². The number of hydrogen-bond donors (Lipinski definition) is 1. The Morgan fingerprint density at radius 1 is 1.24 bits per heavy atom. The molecule has 1 aromatic heterocycles. The average Bonchev–Trinajstić information content (AvgIpc) is 2.49. The number of nitrogens with one attached hydrogen (secondary N) is 1. The highest BCUT2D eigenvalue weighted by Crippen LogP contribution is 2.24. The Labute approximate surface area is 130 Å². The van der Waals surface area contributed by atoms with Gasteiger partial charge in [-0.1, -0.05) is 17.7 Å². The fraction of sp³-hybridized carbons (Fsp3) is 0.312. The van der Waals surface area contributed by atoms with Gasteiger partial charge in [0.15, 0.2) is 0 Å². The van der Waals surface area contributed by atoms with E-state index >= 15 is 0 Å². The van der Waals surface area contributed by atoms with E-state index in [1.807, 2.05) is 37.3 Å². The van der Waals surface area contributed by atoms with E-state index in [0.29, 0.717) is 12.5 Å². The van der Waals surface area contributed by atoms with Gasteiger partial charge in [0.1, 0.15) is 5.75 Å². The van der Waals surface area contributed by atoms with Crippen LogP contribution >= 0.6 is 11.6 Å². The van der Waals surface area contributed by atoms with Crippen molar-refractivity contribution in [2.75, 3.05) is 20.3 Å². The van der Waals surface area contributed by atoms with E-state index in [-0.39, 0.29) is 0 Å². The lowest BCUT2D eigenvalue weighted by Crippen LogP contribution is -2.18. The van der Waals surface area contributed by atoms with Crippen LogP contribution in [0.2, 0.25) is 5.02 Å². The summed E-state index contributed by atoms with van der Waals surface area (Å²) in [5.41, 5.74) is 2.08. The number of nitrogens with zero attached hydrogens (tertiary/aromatic N) is 1. The van der Waals surface area contributed by atoms with Crippen LogP contribution in [0.15, 0.2) is 36.5 Å². The number of aromatic nitrogens is 1. The van der Waals surface area contributed by atoms with Gasteiger partial charge in [0.2, 0.25) is 5.88 Å². The SMILES string of the molecule is COCCNCc1ccc(Oc2ccc(Cl)c(C)c2)nc1. The third-order valence-electron chi connectivity index (χ3n) is 2.96. The molecular formula is C16H19ClN2O2. The Bertz CT molecular complexity index is 573. The van der Waals surface area contributed by atoms with Crippen molar-refractivity contribution in [2.45, 2.75) is 13.5 Å². The number of rotatable bonds is 7. The molecular weight excluding hydrogens is 288 g/mol. The summed E-state index contributed by atoms with van der Waals surface area (Å²) in [4.78, 5) is 4.30. The van der Waals surface area contributed by atoms with E-state index < -0.39 is 0 Å². The number of ether oxygens (including phenoxy) is 2. The first-order valence-corrected chi connectivity index (χ1v) is 7.15. The zero-order valence-electron chi connectivity index (χ0n) is 12.2. The minimum atomic E-state index is 0.567. The molecule has 0 aliphatic carbocycles. The maximum atomic E-state index is 5.99. The molecule has 2 aromatic rings. The van der Waals surface area contributed by atoms with Crippen LogP contribution in [0.3, 0.4) is 0 Å². The predicted molar refractivity (Wildman–Crippen MR) is 84.1 cm³/mol. The number of pyridine rings is 1. The molecule has 21 heavy (non-hydrogen) atoms. The van der Waals surface area contributed by atoms with Crippen LogP contribution in [0.1, 0.15) is 11.1 Å². The number of methoxy groups -OCH3 is 1. The smallest absolute Gasteiger partial charge is 0.219 e. The lowest BCUT2D eigenvalue weighted by Gasteiger charge is -2.08. The molecule has 0 saturated heterocycles. The number of benzene rings is 1. The molecule has 1 heterocycles. The third-order valence-corrected chi connectivity index (χ3v) is 3.39. The summed E-state index contributed by atoms with van der Waals surface area (Å²) in [7, 11) is 1.69. The van der Waals surface area contributed by atoms with E-state index in [9.17, 15) is 0 Å². The molecule has 1 aromatic carbocycles. The zero-order valence-corrected chi connectivity index (χ0v) is 13.0. The third kappa shape index (κ3) is 5.01. The summed E-state index contributed by atoms with van der Waals surface area (Å²) in [6, 6.07) is 9.39. The molecule has 0 unspecified atom stereocenters. The number of halogens is 1. The second-order valence-corrected chi connectivity index (χ2v) is 5.09. The molecule has 1 N–H and O–H groups in total. The maximum absolute atomic E-state index is 5.99. The molecule has 0 saturated carbocycles. The monoisotopic (exact) mass is 306 g/mol. The fourth-order valence-corrected chi connectivity index (χ4v) is 1.90. The highest BCUT2D eigenvalue weighted by Gasteiger charge is 2.02.